The Hall–Kier alpha value is -1.10. The molecule has 0 bridgehead atoms. The number of carbonyl (C=O) groups excluding carboxylic acids is 1. The van der Waals surface area contributed by atoms with E-state index in [1.165, 1.54) is 0 Å². The molecule has 0 atom stereocenters. The van der Waals surface area contributed by atoms with Crippen LogP contribution in [0.25, 0.3) is 0 Å². The van der Waals surface area contributed by atoms with Crippen LogP contribution in [-0.2, 0) is 0 Å². The number of hydrogen-bond donors (Lipinski definition) is 0. The smallest absolute Gasteiger partial charge is 0.269 e. The summed E-state index contributed by atoms with van der Waals surface area (Å²) < 4.78 is 49.6. The zero-order valence-corrected chi connectivity index (χ0v) is 7.29. The molecule has 0 N–H and O–H groups in total. The number of alkyl halides is 2. The maximum atomic E-state index is 12.8. The van der Waals surface area contributed by atoms with Crippen molar-refractivity contribution in [3.8, 4) is 0 Å². The van der Waals surface area contributed by atoms with Gasteiger partial charge in [-0.05, 0) is 23.7 Å². The third kappa shape index (κ3) is 2.04. The van der Waals surface area contributed by atoms with Crippen molar-refractivity contribution in [3.63, 3.8) is 0 Å². The van der Waals surface area contributed by atoms with E-state index in [1.807, 2.05) is 0 Å². The maximum absolute atomic E-state index is 12.8. The lowest BCUT2D eigenvalue weighted by molar-refractivity contribution is 0.107. The molecule has 1 aromatic carbocycles. The molecule has 1 rings (SSSR count). The third-order valence-electron chi connectivity index (χ3n) is 1.52. The second-order valence-corrected chi connectivity index (χ2v) is 2.77. The molecule has 0 saturated heterocycles. The molecule has 14 heavy (non-hydrogen) atoms. The fourth-order valence-corrected chi connectivity index (χ4v) is 1.02. The summed E-state index contributed by atoms with van der Waals surface area (Å²) in [6.45, 7) is 0. The minimum atomic E-state index is -3.27. The molecule has 1 nitrogen and oxygen atoms in total. The van der Waals surface area contributed by atoms with Crippen LogP contribution >= 0.6 is 11.6 Å². The number of halogens is 5. The van der Waals surface area contributed by atoms with Gasteiger partial charge in [-0.25, -0.2) is 17.6 Å². The Balaban J connectivity index is 3.32. The molecule has 1 aromatic rings. The summed E-state index contributed by atoms with van der Waals surface area (Å²) in [6, 6.07) is 0.944. The minimum Gasteiger partial charge on any atom is -0.276 e. The van der Waals surface area contributed by atoms with Crippen molar-refractivity contribution in [3.05, 3.63) is 34.9 Å². The van der Waals surface area contributed by atoms with Crippen LogP contribution in [0.5, 0.6) is 0 Å². The van der Waals surface area contributed by atoms with Crippen LogP contribution in [0.1, 0.15) is 22.3 Å². The van der Waals surface area contributed by atoms with Gasteiger partial charge in [-0.2, -0.15) is 0 Å². The highest BCUT2D eigenvalue weighted by Crippen LogP contribution is 2.26. The van der Waals surface area contributed by atoms with Gasteiger partial charge in [0.2, 0.25) is 0 Å². The van der Waals surface area contributed by atoms with E-state index in [1.54, 1.807) is 0 Å². The van der Waals surface area contributed by atoms with Gasteiger partial charge in [0, 0.05) is 5.56 Å². The second-order valence-electron chi connectivity index (χ2n) is 2.43. The first-order valence-corrected chi connectivity index (χ1v) is 3.78. The Bertz CT molecular complexity index is 355. The SMILES string of the molecule is O=C(Cl)c1cc(F)c(C(F)F)c(F)c1. The lowest BCUT2D eigenvalue weighted by Gasteiger charge is -2.04. The van der Waals surface area contributed by atoms with E-state index in [0.29, 0.717) is 12.1 Å². The number of rotatable bonds is 2. The van der Waals surface area contributed by atoms with Gasteiger partial charge in [-0.1, -0.05) is 0 Å². The molecular formula is C8H3ClF4O. The first kappa shape index (κ1) is 11.0. The van der Waals surface area contributed by atoms with Crippen LogP contribution in [0.4, 0.5) is 17.6 Å². The monoisotopic (exact) mass is 226 g/mol. The molecule has 0 aliphatic rings. The summed E-state index contributed by atoms with van der Waals surface area (Å²) in [6.07, 6.45) is -3.27. The van der Waals surface area contributed by atoms with Gasteiger partial charge in [0.25, 0.3) is 11.7 Å². The van der Waals surface area contributed by atoms with Gasteiger partial charge in [0.1, 0.15) is 11.6 Å². The molecule has 0 aromatic heterocycles. The van der Waals surface area contributed by atoms with E-state index >= 15 is 0 Å². The summed E-state index contributed by atoms with van der Waals surface area (Å²) in [4.78, 5) is 10.5. The minimum absolute atomic E-state index is 0.472. The van der Waals surface area contributed by atoms with Crippen LogP contribution in [-0.4, -0.2) is 5.24 Å². The van der Waals surface area contributed by atoms with Crippen LogP contribution in [0.15, 0.2) is 12.1 Å². The van der Waals surface area contributed by atoms with E-state index in [4.69, 9.17) is 11.6 Å². The predicted molar refractivity (Wildman–Crippen MR) is 41.5 cm³/mol. The van der Waals surface area contributed by atoms with Crippen molar-refractivity contribution < 1.29 is 22.4 Å². The molecule has 0 heterocycles. The summed E-state index contributed by atoms with van der Waals surface area (Å²) in [7, 11) is 0. The van der Waals surface area contributed by atoms with E-state index in [9.17, 15) is 22.4 Å². The van der Waals surface area contributed by atoms with E-state index in [-0.39, 0.29) is 0 Å². The quantitative estimate of drug-likeness (QED) is 0.559. The van der Waals surface area contributed by atoms with Gasteiger partial charge in [0.15, 0.2) is 0 Å². The molecule has 0 unspecified atom stereocenters. The average molecular weight is 227 g/mol. The summed E-state index contributed by atoms with van der Waals surface area (Å²) >= 11 is 4.92. The van der Waals surface area contributed by atoms with Crippen molar-refractivity contribution in [2.45, 2.75) is 6.43 Å². The Morgan fingerprint density at radius 2 is 1.64 bits per heavy atom. The Labute approximate surface area is 81.3 Å². The Kier molecular flexibility index (Phi) is 3.10. The zero-order chi connectivity index (χ0) is 10.9. The third-order valence-corrected chi connectivity index (χ3v) is 1.74. The highest BCUT2D eigenvalue weighted by molar-refractivity contribution is 6.67. The topological polar surface area (TPSA) is 17.1 Å². The molecule has 0 saturated carbocycles. The number of carbonyl (C=O) groups is 1. The van der Waals surface area contributed by atoms with Crippen molar-refractivity contribution in [1.82, 2.24) is 0 Å². The number of benzene rings is 1. The predicted octanol–water partition coefficient (Wildman–Crippen LogP) is 3.28. The largest absolute Gasteiger partial charge is 0.276 e. The van der Waals surface area contributed by atoms with E-state index in [2.05, 4.69) is 0 Å². The van der Waals surface area contributed by atoms with E-state index in [0.717, 1.165) is 0 Å². The maximum Gasteiger partial charge on any atom is 0.269 e. The van der Waals surface area contributed by atoms with Crippen molar-refractivity contribution in [2.24, 2.45) is 0 Å². The molecule has 0 spiro atoms. The normalized spacial score (nSPS) is 10.7. The lowest BCUT2D eigenvalue weighted by atomic mass is 10.1. The first-order chi connectivity index (χ1) is 6.43. The highest BCUT2D eigenvalue weighted by Gasteiger charge is 2.21. The first-order valence-electron chi connectivity index (χ1n) is 3.40. The van der Waals surface area contributed by atoms with Crippen molar-refractivity contribution in [1.29, 1.82) is 0 Å². The fourth-order valence-electron chi connectivity index (χ4n) is 0.906. The lowest BCUT2D eigenvalue weighted by Crippen LogP contribution is -2.00. The molecule has 0 amide bonds. The van der Waals surface area contributed by atoms with Crippen molar-refractivity contribution >= 4 is 16.8 Å². The average Bonchev–Trinajstić information content (AvgIpc) is 2.01. The van der Waals surface area contributed by atoms with Gasteiger partial charge in [0.05, 0.1) is 5.56 Å². The summed E-state index contributed by atoms with van der Waals surface area (Å²) in [5, 5.41) is -1.11. The van der Waals surface area contributed by atoms with Crippen molar-refractivity contribution in [2.75, 3.05) is 0 Å². The molecule has 0 radical (unpaired) electrons. The Morgan fingerprint density at radius 1 is 1.21 bits per heavy atom. The molecule has 6 heteroatoms. The van der Waals surface area contributed by atoms with Crippen LogP contribution in [0.3, 0.4) is 0 Å². The summed E-state index contributed by atoms with van der Waals surface area (Å²) in [5.74, 6) is -2.96. The summed E-state index contributed by atoms with van der Waals surface area (Å²) in [5.41, 5.74) is -1.85. The molecule has 0 aliphatic carbocycles. The Morgan fingerprint density at radius 3 is 1.93 bits per heavy atom. The molecule has 0 aliphatic heterocycles. The van der Waals surface area contributed by atoms with Gasteiger partial charge >= 0.3 is 0 Å². The number of hydrogen-bond acceptors (Lipinski definition) is 1. The molecule has 0 fully saturated rings. The molecular weight excluding hydrogens is 224 g/mol. The van der Waals surface area contributed by atoms with Crippen LogP contribution in [0.2, 0.25) is 0 Å². The van der Waals surface area contributed by atoms with Gasteiger partial charge in [-0.3, -0.25) is 4.79 Å². The highest BCUT2D eigenvalue weighted by atomic mass is 35.5. The standard InChI is InChI=1S/C8H3ClF4O/c9-7(14)3-1-4(10)6(8(12)13)5(11)2-3/h1-2,8H. The van der Waals surface area contributed by atoms with Crippen LogP contribution in [0, 0.1) is 11.6 Å². The van der Waals surface area contributed by atoms with E-state index < -0.39 is 34.4 Å². The second kappa shape index (κ2) is 3.96. The van der Waals surface area contributed by atoms with Gasteiger partial charge in [-0.15, -0.1) is 0 Å². The zero-order valence-electron chi connectivity index (χ0n) is 6.53. The fraction of sp³-hybridized carbons (Fsp3) is 0.125. The van der Waals surface area contributed by atoms with Gasteiger partial charge < -0.3 is 0 Å². The van der Waals surface area contributed by atoms with Crippen LogP contribution < -0.4 is 0 Å². The molecule has 76 valence electrons.